The molecule has 0 spiro atoms. The third-order valence-electron chi connectivity index (χ3n) is 3.83. The van der Waals surface area contributed by atoms with Crippen LogP contribution in [0, 0.1) is 6.92 Å². The van der Waals surface area contributed by atoms with Crippen LogP contribution in [0.15, 0.2) is 48.5 Å². The lowest BCUT2D eigenvalue weighted by Crippen LogP contribution is -2.21. The Morgan fingerprint density at radius 2 is 1.76 bits per heavy atom. The first kappa shape index (κ1) is 15.6. The highest BCUT2D eigenvalue weighted by Crippen LogP contribution is 2.21. The number of aryl methyl sites for hydroxylation is 2. The van der Waals surface area contributed by atoms with Crippen LogP contribution >= 0.6 is 0 Å². The molecule has 2 heteroatoms. The number of benzene rings is 2. The second-order valence-electron chi connectivity index (χ2n) is 5.61. The van der Waals surface area contributed by atoms with Gasteiger partial charge in [-0.25, -0.2) is 0 Å². The quantitative estimate of drug-likeness (QED) is 0.825. The third kappa shape index (κ3) is 4.91. The molecule has 0 saturated heterocycles. The zero-order valence-electron chi connectivity index (χ0n) is 13.2. The molecule has 21 heavy (non-hydrogen) atoms. The number of para-hydroxylation sites is 1. The largest absolute Gasteiger partial charge is 0.489 e. The molecule has 1 atom stereocenters. The fourth-order valence-electron chi connectivity index (χ4n) is 2.21. The Morgan fingerprint density at radius 1 is 1.05 bits per heavy atom. The minimum Gasteiger partial charge on any atom is -0.489 e. The van der Waals surface area contributed by atoms with E-state index in [-0.39, 0.29) is 0 Å². The molecule has 0 aliphatic carbocycles. The third-order valence-corrected chi connectivity index (χ3v) is 3.83. The van der Waals surface area contributed by atoms with E-state index in [0.717, 1.165) is 18.6 Å². The van der Waals surface area contributed by atoms with Crippen LogP contribution in [0.3, 0.4) is 0 Å². The molecule has 2 nitrogen and oxygen atoms in total. The van der Waals surface area contributed by atoms with Gasteiger partial charge >= 0.3 is 0 Å². The van der Waals surface area contributed by atoms with Gasteiger partial charge in [-0.05, 0) is 50.9 Å². The van der Waals surface area contributed by atoms with Gasteiger partial charge < -0.3 is 10.1 Å². The molecule has 0 aliphatic rings. The predicted octanol–water partition coefficient (Wildman–Crippen LogP) is 4.11. The lowest BCUT2D eigenvalue weighted by Gasteiger charge is -2.14. The standard InChI is InChI=1S/C19H25NO/c1-15-8-11-17(12-9-15)14-21-19-7-5-4-6-18(19)13-10-16(2)20-3/h4-9,11-12,16,20H,10,13-14H2,1-3H3. The molecule has 112 valence electrons. The van der Waals surface area contributed by atoms with Crippen molar-refractivity contribution in [3.63, 3.8) is 0 Å². The van der Waals surface area contributed by atoms with Gasteiger partial charge in [0.25, 0.3) is 0 Å². The zero-order chi connectivity index (χ0) is 15.1. The summed E-state index contributed by atoms with van der Waals surface area (Å²) in [6.07, 6.45) is 2.15. The SMILES string of the molecule is CNC(C)CCc1ccccc1OCc1ccc(C)cc1. The van der Waals surface area contributed by atoms with Crippen LogP contribution in [0.2, 0.25) is 0 Å². The number of ether oxygens (including phenoxy) is 1. The number of nitrogens with one attached hydrogen (secondary N) is 1. The molecule has 2 aromatic rings. The van der Waals surface area contributed by atoms with E-state index in [1.165, 1.54) is 16.7 Å². The van der Waals surface area contributed by atoms with Gasteiger partial charge in [-0.1, -0.05) is 48.0 Å². The smallest absolute Gasteiger partial charge is 0.122 e. The molecule has 2 aromatic carbocycles. The summed E-state index contributed by atoms with van der Waals surface area (Å²) >= 11 is 0. The average molecular weight is 283 g/mol. The van der Waals surface area contributed by atoms with Crippen LogP contribution in [-0.2, 0) is 13.0 Å². The van der Waals surface area contributed by atoms with Crippen molar-refractivity contribution in [3.8, 4) is 5.75 Å². The Hall–Kier alpha value is -1.80. The monoisotopic (exact) mass is 283 g/mol. The van der Waals surface area contributed by atoms with Crippen molar-refractivity contribution in [2.45, 2.75) is 39.3 Å². The van der Waals surface area contributed by atoms with Crippen LogP contribution in [0.5, 0.6) is 5.75 Å². The summed E-state index contributed by atoms with van der Waals surface area (Å²) in [5.74, 6) is 1.00. The zero-order valence-corrected chi connectivity index (χ0v) is 13.2. The Morgan fingerprint density at radius 3 is 2.48 bits per heavy atom. The topological polar surface area (TPSA) is 21.3 Å². The first-order chi connectivity index (χ1) is 10.2. The Kier molecular flexibility index (Phi) is 5.82. The highest BCUT2D eigenvalue weighted by atomic mass is 16.5. The molecule has 1 N–H and O–H groups in total. The summed E-state index contributed by atoms with van der Waals surface area (Å²) < 4.78 is 6.01. The Balaban J connectivity index is 1.97. The Labute approximate surface area is 128 Å². The molecule has 0 fully saturated rings. The maximum Gasteiger partial charge on any atom is 0.122 e. The van der Waals surface area contributed by atoms with E-state index < -0.39 is 0 Å². The van der Waals surface area contributed by atoms with Gasteiger partial charge in [0.15, 0.2) is 0 Å². The second kappa shape index (κ2) is 7.84. The van der Waals surface area contributed by atoms with Crippen molar-refractivity contribution >= 4 is 0 Å². The van der Waals surface area contributed by atoms with Crippen LogP contribution in [0.4, 0.5) is 0 Å². The fourth-order valence-corrected chi connectivity index (χ4v) is 2.21. The predicted molar refractivity (Wildman–Crippen MR) is 88.8 cm³/mol. The van der Waals surface area contributed by atoms with Crippen molar-refractivity contribution in [1.82, 2.24) is 5.32 Å². The van der Waals surface area contributed by atoms with E-state index in [0.29, 0.717) is 12.6 Å². The molecule has 0 bridgehead atoms. The first-order valence-electron chi connectivity index (χ1n) is 7.62. The van der Waals surface area contributed by atoms with E-state index >= 15 is 0 Å². The van der Waals surface area contributed by atoms with Crippen molar-refractivity contribution in [3.05, 3.63) is 65.2 Å². The number of hydrogen-bond donors (Lipinski definition) is 1. The van der Waals surface area contributed by atoms with Crippen molar-refractivity contribution in [2.75, 3.05) is 7.05 Å². The van der Waals surface area contributed by atoms with Gasteiger partial charge in [0.2, 0.25) is 0 Å². The Bertz CT molecular complexity index is 548. The van der Waals surface area contributed by atoms with Crippen LogP contribution < -0.4 is 10.1 Å². The van der Waals surface area contributed by atoms with Gasteiger partial charge in [0.05, 0.1) is 0 Å². The second-order valence-corrected chi connectivity index (χ2v) is 5.61. The molecule has 0 heterocycles. The van der Waals surface area contributed by atoms with E-state index in [2.05, 4.69) is 61.6 Å². The number of rotatable bonds is 7. The fraction of sp³-hybridized carbons (Fsp3) is 0.368. The molecule has 1 unspecified atom stereocenters. The van der Waals surface area contributed by atoms with Gasteiger partial charge in [-0.2, -0.15) is 0 Å². The van der Waals surface area contributed by atoms with Gasteiger partial charge in [-0.3, -0.25) is 0 Å². The lowest BCUT2D eigenvalue weighted by molar-refractivity contribution is 0.302. The molecule has 2 rings (SSSR count). The summed E-state index contributed by atoms with van der Waals surface area (Å²) in [6, 6.07) is 17.4. The average Bonchev–Trinajstić information content (AvgIpc) is 2.52. The van der Waals surface area contributed by atoms with Crippen LogP contribution in [0.25, 0.3) is 0 Å². The van der Waals surface area contributed by atoms with E-state index in [4.69, 9.17) is 4.74 Å². The van der Waals surface area contributed by atoms with Gasteiger partial charge in [0.1, 0.15) is 12.4 Å². The normalized spacial score (nSPS) is 12.1. The minimum atomic E-state index is 0.523. The van der Waals surface area contributed by atoms with E-state index in [1.54, 1.807) is 0 Å². The summed E-state index contributed by atoms with van der Waals surface area (Å²) in [5.41, 5.74) is 3.77. The molecule has 0 aliphatic heterocycles. The first-order valence-corrected chi connectivity index (χ1v) is 7.62. The minimum absolute atomic E-state index is 0.523. The van der Waals surface area contributed by atoms with E-state index in [9.17, 15) is 0 Å². The highest BCUT2D eigenvalue weighted by molar-refractivity contribution is 5.34. The summed E-state index contributed by atoms with van der Waals surface area (Å²) in [4.78, 5) is 0. The van der Waals surface area contributed by atoms with Crippen molar-refractivity contribution < 1.29 is 4.74 Å². The van der Waals surface area contributed by atoms with Gasteiger partial charge in [-0.15, -0.1) is 0 Å². The van der Waals surface area contributed by atoms with Gasteiger partial charge in [0, 0.05) is 6.04 Å². The molecule has 0 aromatic heterocycles. The molecule has 0 saturated carbocycles. The maximum atomic E-state index is 6.01. The van der Waals surface area contributed by atoms with Crippen LogP contribution in [0.1, 0.15) is 30.0 Å². The molecular formula is C19H25NO. The summed E-state index contributed by atoms with van der Waals surface area (Å²) in [6.45, 7) is 4.93. The highest BCUT2D eigenvalue weighted by Gasteiger charge is 2.06. The number of hydrogen-bond acceptors (Lipinski definition) is 2. The van der Waals surface area contributed by atoms with E-state index in [1.807, 2.05) is 13.1 Å². The van der Waals surface area contributed by atoms with Crippen LogP contribution in [-0.4, -0.2) is 13.1 Å². The van der Waals surface area contributed by atoms with Crippen molar-refractivity contribution in [1.29, 1.82) is 0 Å². The van der Waals surface area contributed by atoms with Crippen molar-refractivity contribution in [2.24, 2.45) is 0 Å². The molecule has 0 amide bonds. The summed E-state index contributed by atoms with van der Waals surface area (Å²) in [5, 5.41) is 3.28. The molecule has 0 radical (unpaired) electrons. The summed E-state index contributed by atoms with van der Waals surface area (Å²) in [7, 11) is 2.00. The maximum absolute atomic E-state index is 6.01. The molecular weight excluding hydrogens is 258 g/mol. The lowest BCUT2D eigenvalue weighted by atomic mass is 10.1.